The lowest BCUT2D eigenvalue weighted by molar-refractivity contribution is -0.192. The van der Waals surface area contributed by atoms with Gasteiger partial charge in [-0.1, -0.05) is 0 Å². The zero-order valence-electron chi connectivity index (χ0n) is 16.8. The molecular weight excluding hydrogens is 405 g/mol. The molecule has 0 aromatic carbocycles. The van der Waals surface area contributed by atoms with Gasteiger partial charge in [-0.25, -0.2) is 14.8 Å². The van der Waals surface area contributed by atoms with Crippen LogP contribution in [-0.4, -0.2) is 72.1 Å². The molecule has 1 amide bonds. The second-order valence-electron chi connectivity index (χ2n) is 6.95. The topological polar surface area (TPSA) is 104 Å². The Hall–Kier alpha value is -3.02. The number of carbonyl (C=O) groups is 2. The molecule has 2 aromatic rings. The van der Waals surface area contributed by atoms with Gasteiger partial charge in [0, 0.05) is 44.3 Å². The van der Waals surface area contributed by atoms with Crippen molar-refractivity contribution in [3.05, 3.63) is 42.0 Å². The molecule has 0 saturated heterocycles. The number of amides is 1. The van der Waals surface area contributed by atoms with E-state index in [-0.39, 0.29) is 5.91 Å². The van der Waals surface area contributed by atoms with E-state index < -0.39 is 12.1 Å². The lowest BCUT2D eigenvalue weighted by atomic mass is 10.3. The smallest absolute Gasteiger partial charge is 0.475 e. The van der Waals surface area contributed by atoms with Crippen LogP contribution in [0.4, 0.5) is 13.2 Å². The molecular formula is C18H23F3N6O3. The van der Waals surface area contributed by atoms with Gasteiger partial charge in [0.25, 0.3) is 5.91 Å². The molecule has 2 aromatic heterocycles. The molecule has 1 aliphatic heterocycles. The van der Waals surface area contributed by atoms with Crippen LogP contribution < -0.4 is 0 Å². The van der Waals surface area contributed by atoms with Crippen LogP contribution in [0.5, 0.6) is 0 Å². The average molecular weight is 428 g/mol. The van der Waals surface area contributed by atoms with Crippen LogP contribution in [0.15, 0.2) is 24.8 Å². The first kappa shape index (κ1) is 23.3. The van der Waals surface area contributed by atoms with Crippen molar-refractivity contribution in [2.45, 2.75) is 45.7 Å². The molecule has 0 fully saturated rings. The highest BCUT2D eigenvalue weighted by molar-refractivity contribution is 5.91. The van der Waals surface area contributed by atoms with Gasteiger partial charge in [-0.15, -0.1) is 0 Å². The number of nitrogens with zero attached hydrogens (tertiary/aromatic N) is 6. The second-order valence-corrected chi connectivity index (χ2v) is 6.95. The highest BCUT2D eigenvalue weighted by Crippen LogP contribution is 2.17. The monoisotopic (exact) mass is 428 g/mol. The van der Waals surface area contributed by atoms with Gasteiger partial charge >= 0.3 is 12.1 Å². The molecule has 3 rings (SSSR count). The van der Waals surface area contributed by atoms with Gasteiger partial charge in [0.05, 0.1) is 18.4 Å². The SMILES string of the molecule is CC(C)N(C)Cc1cnc2n1CCN(C(=O)c1cnccn1)C2.O=C(O)C(F)(F)F. The Bertz CT molecular complexity index is 870. The highest BCUT2D eigenvalue weighted by Gasteiger charge is 2.38. The molecule has 0 aliphatic carbocycles. The molecule has 0 bridgehead atoms. The Morgan fingerprint density at radius 3 is 2.40 bits per heavy atom. The maximum atomic E-state index is 12.5. The number of rotatable bonds is 4. The molecule has 0 saturated carbocycles. The lowest BCUT2D eigenvalue weighted by Gasteiger charge is -2.29. The fourth-order valence-electron chi connectivity index (χ4n) is 2.63. The summed E-state index contributed by atoms with van der Waals surface area (Å²) in [5, 5.41) is 7.12. The molecule has 30 heavy (non-hydrogen) atoms. The Labute approximate surface area is 171 Å². The van der Waals surface area contributed by atoms with Gasteiger partial charge in [0.2, 0.25) is 0 Å². The van der Waals surface area contributed by atoms with E-state index in [2.05, 4.69) is 45.3 Å². The minimum atomic E-state index is -5.08. The summed E-state index contributed by atoms with van der Waals surface area (Å²) in [6.07, 6.45) is 1.45. The fraction of sp³-hybridized carbons (Fsp3) is 0.500. The van der Waals surface area contributed by atoms with Crippen molar-refractivity contribution in [1.82, 2.24) is 29.3 Å². The Balaban J connectivity index is 0.000000396. The van der Waals surface area contributed by atoms with E-state index in [4.69, 9.17) is 9.90 Å². The van der Waals surface area contributed by atoms with Gasteiger partial charge < -0.3 is 14.6 Å². The quantitative estimate of drug-likeness (QED) is 0.792. The number of hydrogen-bond donors (Lipinski definition) is 1. The van der Waals surface area contributed by atoms with Crippen LogP contribution in [0.2, 0.25) is 0 Å². The largest absolute Gasteiger partial charge is 0.490 e. The number of carboxylic acids is 1. The van der Waals surface area contributed by atoms with E-state index in [1.807, 2.05) is 6.20 Å². The highest BCUT2D eigenvalue weighted by atomic mass is 19.4. The molecule has 164 valence electrons. The van der Waals surface area contributed by atoms with Crippen molar-refractivity contribution in [3.63, 3.8) is 0 Å². The van der Waals surface area contributed by atoms with Crippen LogP contribution in [0.25, 0.3) is 0 Å². The van der Waals surface area contributed by atoms with Gasteiger partial charge in [-0.3, -0.25) is 14.7 Å². The third kappa shape index (κ3) is 5.99. The summed E-state index contributed by atoms with van der Waals surface area (Å²) in [7, 11) is 2.11. The molecule has 0 unspecified atom stereocenters. The molecule has 0 radical (unpaired) electrons. The van der Waals surface area contributed by atoms with Crippen LogP contribution in [-0.2, 0) is 24.4 Å². The first-order chi connectivity index (χ1) is 14.0. The predicted molar refractivity (Wildman–Crippen MR) is 99.3 cm³/mol. The van der Waals surface area contributed by atoms with Crippen LogP contribution in [0.3, 0.4) is 0 Å². The molecule has 9 nitrogen and oxygen atoms in total. The Morgan fingerprint density at radius 1 is 1.20 bits per heavy atom. The standard InChI is InChI=1S/C16H22N6O.C2HF3O2/c1-12(2)20(3)10-13-8-19-15-11-21(6-7-22(13)15)16(23)14-9-17-4-5-18-14;3-2(4,5)1(6)7/h4-5,8-9,12H,6-7,10-11H2,1-3H3;(H,6,7). The van der Waals surface area contributed by atoms with E-state index >= 15 is 0 Å². The number of halogens is 3. The molecule has 1 aliphatic rings. The van der Waals surface area contributed by atoms with Crippen LogP contribution in [0.1, 0.15) is 35.9 Å². The van der Waals surface area contributed by atoms with E-state index in [0.717, 1.165) is 18.9 Å². The van der Waals surface area contributed by atoms with Gasteiger partial charge in [-0.05, 0) is 20.9 Å². The van der Waals surface area contributed by atoms with Crippen molar-refractivity contribution < 1.29 is 27.9 Å². The van der Waals surface area contributed by atoms with Crippen LogP contribution in [0, 0.1) is 0 Å². The summed E-state index contributed by atoms with van der Waals surface area (Å²) in [6.45, 7) is 7.16. The summed E-state index contributed by atoms with van der Waals surface area (Å²) >= 11 is 0. The summed E-state index contributed by atoms with van der Waals surface area (Å²) in [4.78, 5) is 38.0. The van der Waals surface area contributed by atoms with Gasteiger partial charge in [-0.2, -0.15) is 13.2 Å². The van der Waals surface area contributed by atoms with Crippen molar-refractivity contribution in [2.75, 3.05) is 13.6 Å². The molecule has 12 heteroatoms. The maximum Gasteiger partial charge on any atom is 0.490 e. The van der Waals surface area contributed by atoms with E-state index in [1.165, 1.54) is 18.1 Å². The molecule has 3 heterocycles. The summed E-state index contributed by atoms with van der Waals surface area (Å²) in [5.74, 6) is -1.92. The first-order valence-electron chi connectivity index (χ1n) is 9.09. The fourth-order valence-corrected chi connectivity index (χ4v) is 2.63. The van der Waals surface area contributed by atoms with Gasteiger partial charge in [0.15, 0.2) is 0 Å². The number of imidazole rings is 1. The Kier molecular flexibility index (Phi) is 7.48. The normalized spacial score (nSPS) is 13.7. The second kappa shape index (κ2) is 9.65. The predicted octanol–water partition coefficient (Wildman–Crippen LogP) is 1.80. The zero-order chi connectivity index (χ0) is 22.5. The van der Waals surface area contributed by atoms with Crippen molar-refractivity contribution >= 4 is 11.9 Å². The zero-order valence-corrected chi connectivity index (χ0v) is 16.8. The van der Waals surface area contributed by atoms with Gasteiger partial charge in [0.1, 0.15) is 11.5 Å². The first-order valence-corrected chi connectivity index (χ1v) is 9.09. The number of hydrogen-bond acceptors (Lipinski definition) is 6. The number of fused-ring (bicyclic) bond motifs is 1. The summed E-state index contributed by atoms with van der Waals surface area (Å²) in [6, 6.07) is 0.486. The minimum Gasteiger partial charge on any atom is -0.475 e. The Morgan fingerprint density at radius 2 is 1.87 bits per heavy atom. The van der Waals surface area contributed by atoms with E-state index in [0.29, 0.717) is 24.8 Å². The minimum absolute atomic E-state index is 0.0896. The molecule has 1 N–H and O–H groups in total. The van der Waals surface area contributed by atoms with Crippen molar-refractivity contribution in [3.8, 4) is 0 Å². The molecule has 0 spiro atoms. The lowest BCUT2D eigenvalue weighted by Crippen LogP contribution is -2.39. The van der Waals surface area contributed by atoms with Crippen molar-refractivity contribution in [1.29, 1.82) is 0 Å². The number of alkyl halides is 3. The third-order valence-corrected chi connectivity index (χ3v) is 4.55. The number of carboxylic acid groups (broad SMARTS) is 1. The number of aliphatic carboxylic acids is 1. The summed E-state index contributed by atoms with van der Waals surface area (Å²) < 4.78 is 34.0. The van der Waals surface area contributed by atoms with E-state index in [1.54, 1.807) is 11.1 Å². The van der Waals surface area contributed by atoms with Crippen molar-refractivity contribution in [2.24, 2.45) is 0 Å². The van der Waals surface area contributed by atoms with E-state index in [9.17, 15) is 18.0 Å². The van der Waals surface area contributed by atoms with Crippen LogP contribution >= 0.6 is 0 Å². The molecule has 0 atom stereocenters. The number of aromatic nitrogens is 4. The number of carbonyl (C=O) groups excluding carboxylic acids is 1. The maximum absolute atomic E-state index is 12.5. The average Bonchev–Trinajstić information content (AvgIpc) is 3.09. The summed E-state index contributed by atoms with van der Waals surface area (Å²) in [5.41, 5.74) is 1.58. The third-order valence-electron chi connectivity index (χ3n) is 4.55.